The number of likely N-dealkylation sites (N-methyl/N-ethyl adjacent to an activating group) is 1. The first-order valence-corrected chi connectivity index (χ1v) is 10.2. The van der Waals surface area contributed by atoms with Crippen molar-refractivity contribution in [2.24, 2.45) is 0 Å². The number of rotatable bonds is 7. The summed E-state index contributed by atoms with van der Waals surface area (Å²) < 4.78 is 6.82. The highest BCUT2D eigenvalue weighted by Gasteiger charge is 2.19. The molecule has 3 aromatic rings. The lowest BCUT2D eigenvalue weighted by Crippen LogP contribution is -2.38. The second kappa shape index (κ2) is 8.75. The molecular weight excluding hydrogens is 388 g/mol. The molecule has 0 aliphatic carbocycles. The number of methoxy groups -OCH3 is 1. The van der Waals surface area contributed by atoms with Gasteiger partial charge in [0.05, 0.1) is 24.9 Å². The van der Waals surface area contributed by atoms with E-state index >= 15 is 0 Å². The van der Waals surface area contributed by atoms with Crippen molar-refractivity contribution in [1.82, 2.24) is 19.8 Å². The second-order valence-corrected chi connectivity index (χ2v) is 8.37. The van der Waals surface area contributed by atoms with Gasteiger partial charge in [-0.2, -0.15) is 0 Å². The molecule has 0 spiro atoms. The van der Waals surface area contributed by atoms with Gasteiger partial charge in [-0.1, -0.05) is 18.2 Å². The molecule has 0 radical (unpaired) electrons. The van der Waals surface area contributed by atoms with Crippen LogP contribution in [-0.4, -0.2) is 48.1 Å². The number of hydrogen-bond acceptors (Lipinski definition) is 6. The lowest BCUT2D eigenvalue weighted by Gasteiger charge is -2.26. The Morgan fingerprint density at radius 1 is 1.31 bits per heavy atom. The van der Waals surface area contributed by atoms with E-state index in [0.29, 0.717) is 16.8 Å². The number of hydrogen-bond donors (Lipinski definition) is 1. The van der Waals surface area contributed by atoms with Crippen LogP contribution in [0.3, 0.4) is 0 Å². The Kier molecular flexibility index (Phi) is 6.34. The largest absolute Gasteiger partial charge is 0.496 e. The molecule has 0 bridgehead atoms. The molecule has 1 N–H and O–H groups in total. The first-order valence-electron chi connectivity index (χ1n) is 9.34. The van der Waals surface area contributed by atoms with Crippen LogP contribution in [0.2, 0.25) is 0 Å². The number of nitrogens with zero attached hydrogens (tertiary/aromatic N) is 3. The predicted molar refractivity (Wildman–Crippen MR) is 116 cm³/mol. The van der Waals surface area contributed by atoms with E-state index in [1.807, 2.05) is 57.1 Å². The minimum Gasteiger partial charge on any atom is -0.496 e. The SMILES string of the molecule is COc1ccccc1[C@@H](CNC(=O)Cn1cnc2sc(C)c(C)c2c1=O)N(C)C. The van der Waals surface area contributed by atoms with Gasteiger partial charge in [0.15, 0.2) is 0 Å². The fraction of sp³-hybridized carbons (Fsp3) is 0.381. The van der Waals surface area contributed by atoms with E-state index in [4.69, 9.17) is 4.74 Å². The summed E-state index contributed by atoms with van der Waals surface area (Å²) >= 11 is 1.50. The van der Waals surface area contributed by atoms with Crippen molar-refractivity contribution < 1.29 is 9.53 Å². The topological polar surface area (TPSA) is 76.5 Å². The Morgan fingerprint density at radius 3 is 2.72 bits per heavy atom. The van der Waals surface area contributed by atoms with Crippen molar-refractivity contribution in [2.75, 3.05) is 27.7 Å². The van der Waals surface area contributed by atoms with E-state index in [1.54, 1.807) is 7.11 Å². The van der Waals surface area contributed by atoms with Gasteiger partial charge in [-0.15, -0.1) is 11.3 Å². The molecule has 8 heteroatoms. The standard InChI is InChI=1S/C21H26N4O3S/c1-13-14(2)29-20-19(13)21(27)25(12-23-20)11-18(26)22-10-16(24(3)4)15-8-6-7-9-17(15)28-5/h6-9,12,16H,10-11H2,1-5H3,(H,22,26)/t16-/m1/s1. The number of amides is 1. The molecule has 1 atom stereocenters. The van der Waals surface area contributed by atoms with Crippen LogP contribution in [-0.2, 0) is 11.3 Å². The van der Waals surface area contributed by atoms with Gasteiger partial charge in [-0.3, -0.25) is 14.2 Å². The van der Waals surface area contributed by atoms with Gasteiger partial charge in [0.25, 0.3) is 5.56 Å². The van der Waals surface area contributed by atoms with Crippen LogP contribution >= 0.6 is 11.3 Å². The summed E-state index contributed by atoms with van der Waals surface area (Å²) in [4.78, 5) is 33.5. The lowest BCUT2D eigenvalue weighted by molar-refractivity contribution is -0.121. The Hall–Kier alpha value is -2.71. The highest BCUT2D eigenvalue weighted by atomic mass is 32.1. The van der Waals surface area contributed by atoms with E-state index in [9.17, 15) is 9.59 Å². The zero-order valence-electron chi connectivity index (χ0n) is 17.4. The minimum atomic E-state index is -0.236. The predicted octanol–water partition coefficient (Wildman–Crippen LogP) is 2.50. The van der Waals surface area contributed by atoms with Crippen LogP contribution < -0.4 is 15.6 Å². The fourth-order valence-electron chi connectivity index (χ4n) is 3.32. The molecule has 2 heterocycles. The van der Waals surface area contributed by atoms with E-state index < -0.39 is 0 Å². The molecule has 0 saturated carbocycles. The average molecular weight is 415 g/mol. The summed E-state index contributed by atoms with van der Waals surface area (Å²) in [5, 5.41) is 3.54. The highest BCUT2D eigenvalue weighted by molar-refractivity contribution is 7.18. The van der Waals surface area contributed by atoms with Gasteiger partial charge < -0.3 is 15.0 Å². The van der Waals surface area contributed by atoms with Crippen LogP contribution in [0.25, 0.3) is 10.2 Å². The quantitative estimate of drug-likeness (QED) is 0.643. The van der Waals surface area contributed by atoms with Gasteiger partial charge in [-0.05, 0) is 39.6 Å². The molecule has 0 saturated heterocycles. The Labute approximate surface area is 173 Å². The van der Waals surface area contributed by atoms with Gasteiger partial charge in [0.2, 0.25) is 5.91 Å². The number of benzene rings is 1. The maximum absolute atomic E-state index is 12.8. The first-order chi connectivity index (χ1) is 13.8. The van der Waals surface area contributed by atoms with Crippen molar-refractivity contribution in [1.29, 1.82) is 0 Å². The molecule has 154 valence electrons. The summed E-state index contributed by atoms with van der Waals surface area (Å²) in [7, 11) is 5.54. The van der Waals surface area contributed by atoms with E-state index in [1.165, 1.54) is 22.2 Å². The third-order valence-corrected chi connectivity index (χ3v) is 6.20. The van der Waals surface area contributed by atoms with Gasteiger partial charge >= 0.3 is 0 Å². The van der Waals surface area contributed by atoms with Crippen molar-refractivity contribution in [2.45, 2.75) is 26.4 Å². The minimum absolute atomic E-state index is 0.0609. The van der Waals surface area contributed by atoms with Gasteiger partial charge in [0, 0.05) is 17.0 Å². The van der Waals surface area contributed by atoms with Gasteiger partial charge in [0.1, 0.15) is 17.1 Å². The Bertz CT molecular complexity index is 1090. The third kappa shape index (κ3) is 4.33. The van der Waals surface area contributed by atoms with Crippen molar-refractivity contribution in [3.05, 3.63) is 57.0 Å². The summed E-state index contributed by atoms with van der Waals surface area (Å²) in [5.41, 5.74) is 1.74. The fourth-order valence-corrected chi connectivity index (χ4v) is 4.30. The maximum Gasteiger partial charge on any atom is 0.262 e. The van der Waals surface area contributed by atoms with E-state index in [2.05, 4.69) is 10.3 Å². The first kappa shape index (κ1) is 21.0. The number of nitrogens with one attached hydrogen (secondary N) is 1. The molecule has 7 nitrogen and oxygen atoms in total. The second-order valence-electron chi connectivity index (χ2n) is 7.17. The summed E-state index contributed by atoms with van der Waals surface area (Å²) in [6, 6.07) is 7.69. The molecule has 1 amide bonds. The molecule has 0 aliphatic rings. The third-order valence-electron chi connectivity index (χ3n) is 5.08. The van der Waals surface area contributed by atoms with Crippen LogP contribution in [0.4, 0.5) is 0 Å². The Morgan fingerprint density at radius 2 is 2.03 bits per heavy atom. The number of carbonyl (C=O) groups is 1. The molecule has 2 aromatic heterocycles. The summed E-state index contributed by atoms with van der Waals surface area (Å²) in [6.45, 7) is 4.21. The molecule has 0 unspecified atom stereocenters. The van der Waals surface area contributed by atoms with Gasteiger partial charge in [-0.25, -0.2) is 4.98 Å². The zero-order chi connectivity index (χ0) is 21.1. The maximum atomic E-state index is 12.8. The molecule has 29 heavy (non-hydrogen) atoms. The van der Waals surface area contributed by atoms with Crippen molar-refractivity contribution in [3.63, 3.8) is 0 Å². The van der Waals surface area contributed by atoms with Crippen LogP contribution in [0.15, 0.2) is 35.4 Å². The number of para-hydroxylation sites is 1. The lowest BCUT2D eigenvalue weighted by atomic mass is 10.0. The summed E-state index contributed by atoms with van der Waals surface area (Å²) in [6.07, 6.45) is 1.45. The van der Waals surface area contributed by atoms with E-state index in [0.717, 1.165) is 21.8 Å². The molecule has 0 fully saturated rings. The van der Waals surface area contributed by atoms with E-state index in [-0.39, 0.29) is 24.1 Å². The monoisotopic (exact) mass is 414 g/mol. The number of ether oxygens (including phenoxy) is 1. The molecule has 0 aliphatic heterocycles. The van der Waals surface area contributed by atoms with Crippen LogP contribution in [0.5, 0.6) is 5.75 Å². The number of aromatic nitrogens is 2. The smallest absolute Gasteiger partial charge is 0.262 e. The van der Waals surface area contributed by atoms with Crippen LogP contribution in [0.1, 0.15) is 22.0 Å². The normalized spacial score (nSPS) is 12.3. The molecule has 1 aromatic carbocycles. The Balaban J connectivity index is 1.75. The average Bonchev–Trinajstić information content (AvgIpc) is 2.99. The number of carbonyl (C=O) groups excluding carboxylic acids is 1. The molecule has 3 rings (SSSR count). The number of aryl methyl sites for hydroxylation is 2. The van der Waals surface area contributed by atoms with Crippen LogP contribution in [0, 0.1) is 13.8 Å². The summed E-state index contributed by atoms with van der Waals surface area (Å²) in [5.74, 6) is 0.536. The van der Waals surface area contributed by atoms with Crippen molar-refractivity contribution >= 4 is 27.5 Å². The number of fused-ring (bicyclic) bond motifs is 1. The van der Waals surface area contributed by atoms with Crippen molar-refractivity contribution in [3.8, 4) is 5.75 Å². The zero-order valence-corrected chi connectivity index (χ0v) is 18.2. The number of thiophene rings is 1. The highest BCUT2D eigenvalue weighted by Crippen LogP contribution is 2.27. The molecular formula is C21H26N4O3S.